The van der Waals surface area contributed by atoms with Crippen molar-refractivity contribution in [2.75, 3.05) is 13.2 Å². The van der Waals surface area contributed by atoms with Gasteiger partial charge in [0.25, 0.3) is 0 Å². The van der Waals surface area contributed by atoms with Crippen molar-refractivity contribution in [1.29, 1.82) is 0 Å². The van der Waals surface area contributed by atoms with E-state index in [1.807, 2.05) is 0 Å². The van der Waals surface area contributed by atoms with Crippen LogP contribution in [0.15, 0.2) is 0 Å². The first-order valence-electron chi connectivity index (χ1n) is 6.70. The van der Waals surface area contributed by atoms with Crippen LogP contribution in [0.3, 0.4) is 0 Å². The normalized spacial score (nSPS) is 37.5. The zero-order valence-electron chi connectivity index (χ0n) is 12.4. The van der Waals surface area contributed by atoms with Crippen LogP contribution in [0, 0.1) is 0 Å². The molecule has 0 bridgehead atoms. The van der Waals surface area contributed by atoms with Gasteiger partial charge in [-0.15, -0.1) is 0 Å². The third-order valence-electron chi connectivity index (χ3n) is 3.20. The summed E-state index contributed by atoms with van der Waals surface area (Å²) in [6, 6.07) is 0. The van der Waals surface area contributed by atoms with Crippen molar-refractivity contribution < 1.29 is 68.0 Å². The van der Waals surface area contributed by atoms with Crippen molar-refractivity contribution >= 4 is 15.6 Å². The lowest BCUT2D eigenvalue weighted by atomic mass is 9.85. The minimum Gasteiger partial charge on any atom is -0.394 e. The zero-order valence-corrected chi connectivity index (χ0v) is 14.2. The van der Waals surface area contributed by atoms with E-state index in [-0.39, 0.29) is 0 Å². The Kier molecular flexibility index (Phi) is 8.08. The maximum absolute atomic E-state index is 11.7. The monoisotopic (exact) mass is 414 g/mol. The summed E-state index contributed by atoms with van der Waals surface area (Å²) < 4.78 is 35.5. The van der Waals surface area contributed by atoms with E-state index in [0.717, 1.165) is 0 Å². The van der Waals surface area contributed by atoms with Crippen molar-refractivity contribution in [2.45, 2.75) is 42.7 Å². The van der Waals surface area contributed by atoms with Crippen LogP contribution >= 0.6 is 15.6 Å². The van der Waals surface area contributed by atoms with Crippen LogP contribution in [-0.2, 0) is 22.7 Å². The highest BCUT2D eigenvalue weighted by Crippen LogP contribution is 2.48. The maximum atomic E-state index is 11.7. The molecule has 150 valence electrons. The number of hydrogen-bond donors (Lipinski definition) is 9. The van der Waals surface area contributed by atoms with E-state index >= 15 is 0 Å². The molecule has 16 heteroatoms. The molecule has 8 unspecified atom stereocenters. The SMILES string of the molecule is O=P(O)(O)OC1C(O)C(O)C(O)C(OP(=O)(O)OCC(O)CO)C1O. The van der Waals surface area contributed by atoms with E-state index in [1.54, 1.807) is 0 Å². The third kappa shape index (κ3) is 6.57. The Morgan fingerprint density at radius 3 is 1.76 bits per heavy atom. The first-order valence-corrected chi connectivity index (χ1v) is 9.72. The van der Waals surface area contributed by atoms with Gasteiger partial charge in [0, 0.05) is 0 Å². The van der Waals surface area contributed by atoms with Crippen molar-refractivity contribution in [3.8, 4) is 0 Å². The fourth-order valence-corrected chi connectivity index (χ4v) is 3.55. The minimum atomic E-state index is -5.25. The van der Waals surface area contributed by atoms with Gasteiger partial charge in [-0.1, -0.05) is 0 Å². The van der Waals surface area contributed by atoms with Crippen molar-refractivity contribution in [2.24, 2.45) is 0 Å². The van der Waals surface area contributed by atoms with Gasteiger partial charge in [-0.05, 0) is 0 Å². The van der Waals surface area contributed by atoms with Crippen LogP contribution in [-0.4, -0.2) is 101 Å². The Hall–Kier alpha value is -0.0200. The molecule has 0 aromatic carbocycles. The molecule has 0 radical (unpaired) electrons. The predicted molar refractivity (Wildman–Crippen MR) is 74.7 cm³/mol. The van der Waals surface area contributed by atoms with Gasteiger partial charge in [-0.2, -0.15) is 0 Å². The fourth-order valence-electron chi connectivity index (χ4n) is 2.01. The maximum Gasteiger partial charge on any atom is 0.472 e. The lowest BCUT2D eigenvalue weighted by molar-refractivity contribution is -0.216. The van der Waals surface area contributed by atoms with E-state index < -0.39 is 71.6 Å². The molecule has 9 N–H and O–H groups in total. The molecule has 0 aromatic rings. The lowest BCUT2D eigenvalue weighted by Crippen LogP contribution is -2.64. The van der Waals surface area contributed by atoms with Crippen molar-refractivity contribution in [3.63, 3.8) is 0 Å². The molecule has 14 nitrogen and oxygen atoms in total. The summed E-state index contributed by atoms with van der Waals surface area (Å²) in [5.41, 5.74) is 0. The van der Waals surface area contributed by atoms with Gasteiger partial charge in [0.2, 0.25) is 0 Å². The highest BCUT2D eigenvalue weighted by molar-refractivity contribution is 7.47. The molecule has 0 spiro atoms. The van der Waals surface area contributed by atoms with E-state index in [0.29, 0.717) is 0 Å². The molecule has 0 aromatic heterocycles. The summed E-state index contributed by atoms with van der Waals surface area (Å²) in [6.45, 7) is -1.67. The van der Waals surface area contributed by atoms with Gasteiger partial charge in [0.05, 0.1) is 13.2 Å². The summed E-state index contributed by atoms with van der Waals surface area (Å²) in [4.78, 5) is 27.0. The number of phosphoric acid groups is 2. The second-order valence-electron chi connectivity index (χ2n) is 5.19. The number of aliphatic hydroxyl groups excluding tert-OH is 6. The number of hydrogen-bond acceptors (Lipinski definition) is 11. The third-order valence-corrected chi connectivity index (χ3v) is 4.70. The van der Waals surface area contributed by atoms with Crippen LogP contribution in [0.5, 0.6) is 0 Å². The Morgan fingerprint density at radius 2 is 1.32 bits per heavy atom. The van der Waals surface area contributed by atoms with Crippen molar-refractivity contribution in [1.82, 2.24) is 0 Å². The summed E-state index contributed by atoms with van der Waals surface area (Å²) in [7, 11) is -10.3. The first-order chi connectivity index (χ1) is 11.3. The Labute approximate surface area is 140 Å². The van der Waals surface area contributed by atoms with Gasteiger partial charge in [-0.3, -0.25) is 13.6 Å². The minimum absolute atomic E-state index is 0.808. The highest BCUT2D eigenvalue weighted by Gasteiger charge is 2.54. The van der Waals surface area contributed by atoms with Crippen LogP contribution < -0.4 is 0 Å². The molecule has 0 amide bonds. The molecule has 0 saturated heterocycles. The summed E-state index contributed by atoms with van der Waals surface area (Å²) in [5, 5.41) is 56.6. The first kappa shape index (κ1) is 23.0. The summed E-state index contributed by atoms with van der Waals surface area (Å²) in [5.74, 6) is 0. The fraction of sp³-hybridized carbons (Fsp3) is 1.00. The van der Waals surface area contributed by atoms with E-state index in [9.17, 15) is 34.4 Å². The topological polar surface area (TPSA) is 244 Å². The predicted octanol–water partition coefficient (Wildman–Crippen LogP) is -4.22. The van der Waals surface area contributed by atoms with Crippen LogP contribution in [0.4, 0.5) is 0 Å². The average Bonchev–Trinajstić information content (AvgIpc) is 2.50. The Morgan fingerprint density at radius 1 is 0.840 bits per heavy atom. The number of rotatable bonds is 8. The second-order valence-corrected chi connectivity index (χ2v) is 7.79. The number of aliphatic hydroxyl groups is 6. The molecule has 0 heterocycles. The standard InChI is InChI=1S/C9H20O14P2/c10-1-3(11)2-21-25(19,20)23-9-6(14)4(12)5(13)8(7(9)15)22-24(16,17)18/h3-15H,1-2H2,(H,19,20)(H2,16,17,18). The molecule has 25 heavy (non-hydrogen) atoms. The van der Waals surface area contributed by atoms with Crippen LogP contribution in [0.1, 0.15) is 0 Å². The molecule has 1 aliphatic carbocycles. The van der Waals surface area contributed by atoms with Crippen LogP contribution in [0.25, 0.3) is 0 Å². The quantitative estimate of drug-likeness (QED) is 0.171. The second kappa shape index (κ2) is 8.78. The zero-order chi connectivity index (χ0) is 19.6. The molecule has 1 fully saturated rings. The van der Waals surface area contributed by atoms with Gasteiger partial charge in [0.1, 0.15) is 42.7 Å². The average molecular weight is 414 g/mol. The molecule has 0 aliphatic heterocycles. The summed E-state index contributed by atoms with van der Waals surface area (Å²) in [6.07, 6.45) is -14.6. The lowest BCUT2D eigenvalue weighted by Gasteiger charge is -2.43. The van der Waals surface area contributed by atoms with E-state index in [4.69, 9.17) is 20.0 Å². The number of phosphoric ester groups is 2. The molecule has 1 saturated carbocycles. The van der Waals surface area contributed by atoms with Gasteiger partial charge >= 0.3 is 15.6 Å². The van der Waals surface area contributed by atoms with E-state index in [2.05, 4.69) is 13.6 Å². The molecule has 8 atom stereocenters. The van der Waals surface area contributed by atoms with Crippen molar-refractivity contribution in [3.05, 3.63) is 0 Å². The van der Waals surface area contributed by atoms with E-state index in [1.165, 1.54) is 0 Å². The highest BCUT2D eigenvalue weighted by atomic mass is 31.2. The van der Waals surface area contributed by atoms with Gasteiger partial charge in [-0.25, -0.2) is 9.13 Å². The smallest absolute Gasteiger partial charge is 0.394 e. The Balaban J connectivity index is 2.92. The molecule has 1 rings (SSSR count). The molecular weight excluding hydrogens is 394 g/mol. The van der Waals surface area contributed by atoms with Gasteiger partial charge < -0.3 is 45.3 Å². The molecule has 1 aliphatic rings. The largest absolute Gasteiger partial charge is 0.472 e. The Bertz CT molecular complexity index is 522. The van der Waals surface area contributed by atoms with Crippen LogP contribution in [0.2, 0.25) is 0 Å². The summed E-state index contributed by atoms with van der Waals surface area (Å²) >= 11 is 0. The molecular formula is C9H20O14P2. The van der Waals surface area contributed by atoms with Gasteiger partial charge in [0.15, 0.2) is 0 Å².